The van der Waals surface area contributed by atoms with Crippen molar-refractivity contribution in [1.29, 1.82) is 0 Å². The molecule has 0 aliphatic rings. The predicted molar refractivity (Wildman–Crippen MR) is 72.8 cm³/mol. The summed E-state index contributed by atoms with van der Waals surface area (Å²) in [6.45, 7) is 2.26. The Morgan fingerprint density at radius 1 is 1.20 bits per heavy atom. The lowest BCUT2D eigenvalue weighted by atomic mass is 10.2. The van der Waals surface area contributed by atoms with Gasteiger partial charge in [-0.15, -0.1) is 0 Å². The molecule has 0 unspecified atom stereocenters. The highest BCUT2D eigenvalue weighted by molar-refractivity contribution is 6.31. The molecule has 1 aromatic heterocycles. The van der Waals surface area contributed by atoms with E-state index in [0.717, 1.165) is 17.3 Å². The van der Waals surface area contributed by atoms with Crippen molar-refractivity contribution in [3.63, 3.8) is 0 Å². The van der Waals surface area contributed by atoms with Crippen LogP contribution in [-0.2, 0) is 12.7 Å². The molecule has 0 amide bonds. The van der Waals surface area contributed by atoms with Crippen LogP contribution in [-0.4, -0.2) is 4.98 Å². The topological polar surface area (TPSA) is 24.9 Å². The highest BCUT2D eigenvalue weighted by Crippen LogP contribution is 2.36. The number of nitrogens with zero attached hydrogens (tertiary/aromatic N) is 1. The Bertz CT molecular complexity index is 594. The Morgan fingerprint density at radius 3 is 2.55 bits per heavy atom. The first kappa shape index (κ1) is 14.7. The first-order chi connectivity index (χ1) is 9.36. The molecular formula is C14H12ClF3N2. The van der Waals surface area contributed by atoms with Gasteiger partial charge in [-0.25, -0.2) is 0 Å². The van der Waals surface area contributed by atoms with Gasteiger partial charge in [0.05, 0.1) is 22.8 Å². The second-order valence-electron chi connectivity index (χ2n) is 4.37. The lowest BCUT2D eigenvalue weighted by molar-refractivity contribution is -0.137. The standard InChI is InChI=1S/C14H12ClF3N2/c1-9-2-3-11(19-7-9)8-20-10-4-5-13(15)12(6-10)14(16,17)18/h2-7,20H,8H2,1H3. The quantitative estimate of drug-likeness (QED) is 0.890. The maximum absolute atomic E-state index is 12.7. The van der Waals surface area contributed by atoms with Crippen molar-refractivity contribution in [3.8, 4) is 0 Å². The molecule has 0 radical (unpaired) electrons. The van der Waals surface area contributed by atoms with Crippen LogP contribution < -0.4 is 5.32 Å². The zero-order valence-corrected chi connectivity index (χ0v) is 11.4. The molecule has 0 saturated carbocycles. The van der Waals surface area contributed by atoms with Gasteiger partial charge < -0.3 is 5.32 Å². The van der Waals surface area contributed by atoms with Gasteiger partial charge in [0, 0.05) is 11.9 Å². The molecule has 6 heteroatoms. The normalized spacial score (nSPS) is 11.4. The Balaban J connectivity index is 2.12. The molecule has 0 fully saturated rings. The molecule has 0 aliphatic carbocycles. The summed E-state index contributed by atoms with van der Waals surface area (Å²) in [5.41, 5.74) is 1.28. The number of hydrogen-bond acceptors (Lipinski definition) is 2. The van der Waals surface area contributed by atoms with Gasteiger partial charge >= 0.3 is 6.18 Å². The molecule has 0 bridgehead atoms. The fourth-order valence-corrected chi connectivity index (χ4v) is 1.87. The molecule has 106 valence electrons. The van der Waals surface area contributed by atoms with Crippen molar-refractivity contribution in [1.82, 2.24) is 4.98 Å². The molecule has 0 aliphatic heterocycles. The third-order valence-electron chi connectivity index (χ3n) is 2.72. The van der Waals surface area contributed by atoms with Crippen LogP contribution in [0.5, 0.6) is 0 Å². The number of halogens is 4. The molecule has 1 heterocycles. The SMILES string of the molecule is Cc1ccc(CNc2ccc(Cl)c(C(F)(F)F)c2)nc1. The maximum atomic E-state index is 12.7. The van der Waals surface area contributed by atoms with Crippen molar-refractivity contribution >= 4 is 17.3 Å². The minimum Gasteiger partial charge on any atom is -0.379 e. The minimum absolute atomic E-state index is 0.309. The van der Waals surface area contributed by atoms with Crippen LogP contribution in [0.25, 0.3) is 0 Å². The van der Waals surface area contributed by atoms with Gasteiger partial charge in [0.25, 0.3) is 0 Å². The average molecular weight is 301 g/mol. The molecule has 1 aromatic carbocycles. The first-order valence-corrected chi connectivity index (χ1v) is 6.26. The van der Waals surface area contributed by atoms with Crippen molar-refractivity contribution in [3.05, 3.63) is 58.4 Å². The molecular weight excluding hydrogens is 289 g/mol. The van der Waals surface area contributed by atoms with E-state index in [0.29, 0.717) is 12.2 Å². The van der Waals surface area contributed by atoms with Crippen LogP contribution in [0.3, 0.4) is 0 Å². The number of anilines is 1. The van der Waals surface area contributed by atoms with Gasteiger partial charge in [-0.1, -0.05) is 17.7 Å². The zero-order chi connectivity index (χ0) is 14.8. The van der Waals surface area contributed by atoms with Crippen LogP contribution in [0.1, 0.15) is 16.8 Å². The minimum atomic E-state index is -4.46. The highest BCUT2D eigenvalue weighted by atomic mass is 35.5. The first-order valence-electron chi connectivity index (χ1n) is 5.88. The third kappa shape index (κ3) is 3.63. The third-order valence-corrected chi connectivity index (χ3v) is 3.05. The predicted octanol–water partition coefficient (Wildman–Crippen LogP) is 4.67. The van der Waals surface area contributed by atoms with Crippen molar-refractivity contribution < 1.29 is 13.2 Å². The van der Waals surface area contributed by atoms with Crippen LogP contribution in [0, 0.1) is 6.92 Å². The Labute approximate surface area is 119 Å². The number of alkyl halides is 3. The summed E-state index contributed by atoms with van der Waals surface area (Å²) < 4.78 is 38.1. The summed E-state index contributed by atoms with van der Waals surface area (Å²) in [4.78, 5) is 4.17. The summed E-state index contributed by atoms with van der Waals surface area (Å²) in [5.74, 6) is 0. The van der Waals surface area contributed by atoms with Crippen LogP contribution >= 0.6 is 11.6 Å². The van der Waals surface area contributed by atoms with E-state index < -0.39 is 11.7 Å². The summed E-state index contributed by atoms with van der Waals surface area (Å²) in [7, 11) is 0. The molecule has 0 spiro atoms. The lowest BCUT2D eigenvalue weighted by Crippen LogP contribution is -2.08. The molecule has 0 saturated heterocycles. The van der Waals surface area contributed by atoms with E-state index in [1.54, 1.807) is 6.20 Å². The van der Waals surface area contributed by atoms with E-state index in [4.69, 9.17) is 11.6 Å². The van der Waals surface area contributed by atoms with E-state index >= 15 is 0 Å². The number of benzene rings is 1. The second-order valence-corrected chi connectivity index (χ2v) is 4.78. The highest BCUT2D eigenvalue weighted by Gasteiger charge is 2.33. The summed E-state index contributed by atoms with van der Waals surface area (Å²) in [5, 5.41) is 2.59. The smallest absolute Gasteiger partial charge is 0.379 e. The number of hydrogen-bond donors (Lipinski definition) is 1. The number of rotatable bonds is 3. The summed E-state index contributed by atoms with van der Waals surface area (Å²) >= 11 is 5.56. The monoisotopic (exact) mass is 300 g/mol. The molecule has 2 nitrogen and oxygen atoms in total. The van der Waals surface area contributed by atoms with Gasteiger partial charge in [-0.3, -0.25) is 4.98 Å². The number of pyridine rings is 1. The number of nitrogens with one attached hydrogen (secondary N) is 1. The van der Waals surface area contributed by atoms with E-state index in [9.17, 15) is 13.2 Å². The zero-order valence-electron chi connectivity index (χ0n) is 10.6. The number of aryl methyl sites for hydroxylation is 1. The van der Waals surface area contributed by atoms with Gasteiger partial charge in [-0.05, 0) is 36.8 Å². The number of aromatic nitrogens is 1. The molecule has 20 heavy (non-hydrogen) atoms. The van der Waals surface area contributed by atoms with Crippen molar-refractivity contribution in [2.45, 2.75) is 19.6 Å². The van der Waals surface area contributed by atoms with E-state index in [1.807, 2.05) is 19.1 Å². The van der Waals surface area contributed by atoms with E-state index in [1.165, 1.54) is 12.1 Å². The van der Waals surface area contributed by atoms with Crippen LogP contribution in [0.15, 0.2) is 36.5 Å². The van der Waals surface area contributed by atoms with Gasteiger partial charge in [0.15, 0.2) is 0 Å². The Morgan fingerprint density at radius 2 is 1.95 bits per heavy atom. The summed E-state index contributed by atoms with van der Waals surface area (Å²) in [6.07, 6.45) is -2.75. The van der Waals surface area contributed by atoms with Crippen LogP contribution in [0.2, 0.25) is 5.02 Å². The lowest BCUT2D eigenvalue weighted by Gasteiger charge is -2.12. The largest absolute Gasteiger partial charge is 0.417 e. The van der Waals surface area contributed by atoms with Crippen LogP contribution in [0.4, 0.5) is 18.9 Å². The maximum Gasteiger partial charge on any atom is 0.417 e. The van der Waals surface area contributed by atoms with E-state index in [2.05, 4.69) is 10.3 Å². The second kappa shape index (κ2) is 5.71. The van der Waals surface area contributed by atoms with Crippen molar-refractivity contribution in [2.24, 2.45) is 0 Å². The molecule has 1 N–H and O–H groups in total. The molecule has 0 atom stereocenters. The van der Waals surface area contributed by atoms with Gasteiger partial charge in [0.2, 0.25) is 0 Å². The fraction of sp³-hybridized carbons (Fsp3) is 0.214. The van der Waals surface area contributed by atoms with E-state index in [-0.39, 0.29) is 5.02 Å². The molecule has 2 aromatic rings. The van der Waals surface area contributed by atoms with Gasteiger partial charge in [-0.2, -0.15) is 13.2 Å². The Hall–Kier alpha value is -1.75. The summed E-state index contributed by atoms with van der Waals surface area (Å²) in [6, 6.07) is 7.45. The fourth-order valence-electron chi connectivity index (χ4n) is 1.65. The van der Waals surface area contributed by atoms with Crippen molar-refractivity contribution in [2.75, 3.05) is 5.32 Å². The Kier molecular flexibility index (Phi) is 4.18. The van der Waals surface area contributed by atoms with Gasteiger partial charge in [0.1, 0.15) is 0 Å². The average Bonchev–Trinajstić information content (AvgIpc) is 2.38. The molecule has 2 rings (SSSR count).